The van der Waals surface area contributed by atoms with Crippen molar-refractivity contribution in [1.82, 2.24) is 4.90 Å². The third-order valence-corrected chi connectivity index (χ3v) is 4.34. The third-order valence-electron chi connectivity index (χ3n) is 4.34. The normalized spacial score (nSPS) is 34.2. The van der Waals surface area contributed by atoms with Gasteiger partial charge in [0.25, 0.3) is 0 Å². The number of benzene rings is 1. The number of hydrogen-bond acceptors (Lipinski definition) is 1. The molecule has 0 spiro atoms. The van der Waals surface area contributed by atoms with E-state index >= 15 is 0 Å². The van der Waals surface area contributed by atoms with Gasteiger partial charge in [0.15, 0.2) is 0 Å². The molecule has 86 valence electrons. The van der Waals surface area contributed by atoms with Crippen LogP contribution in [0.1, 0.15) is 24.3 Å². The predicted octanol–water partition coefficient (Wildman–Crippen LogP) is 2.88. The van der Waals surface area contributed by atoms with Gasteiger partial charge in [-0.05, 0) is 55.3 Å². The Hall–Kier alpha value is -0.890. The quantitative estimate of drug-likeness (QED) is 0.702. The molecule has 1 heterocycles. The Bertz CT molecular complexity index is 373. The second-order valence-corrected chi connectivity index (χ2v) is 5.38. The molecule has 2 heteroatoms. The van der Waals surface area contributed by atoms with Crippen molar-refractivity contribution in [3.63, 3.8) is 0 Å². The second kappa shape index (κ2) is 3.85. The summed E-state index contributed by atoms with van der Waals surface area (Å²) in [7, 11) is 2.21. The highest BCUT2D eigenvalue weighted by atomic mass is 19.1. The van der Waals surface area contributed by atoms with Gasteiger partial charge in [-0.25, -0.2) is 4.39 Å². The van der Waals surface area contributed by atoms with Crippen LogP contribution in [0, 0.1) is 17.7 Å². The summed E-state index contributed by atoms with van der Waals surface area (Å²) in [5.41, 5.74) is 1.34. The minimum atomic E-state index is -0.123. The zero-order valence-corrected chi connectivity index (χ0v) is 9.70. The second-order valence-electron chi connectivity index (χ2n) is 5.38. The molecular weight excluding hydrogens is 201 g/mol. The molecule has 0 N–H and O–H groups in total. The average Bonchev–Trinajstić information content (AvgIpc) is 2.78. The minimum absolute atomic E-state index is 0.123. The van der Waals surface area contributed by atoms with E-state index in [9.17, 15) is 4.39 Å². The van der Waals surface area contributed by atoms with Crippen LogP contribution in [0.3, 0.4) is 0 Å². The van der Waals surface area contributed by atoms with Gasteiger partial charge in [-0.3, -0.25) is 0 Å². The van der Waals surface area contributed by atoms with Crippen molar-refractivity contribution >= 4 is 0 Å². The molecule has 0 unspecified atom stereocenters. The highest BCUT2D eigenvalue weighted by molar-refractivity contribution is 5.23. The molecule has 3 rings (SSSR count). The molecule has 1 aliphatic carbocycles. The van der Waals surface area contributed by atoms with Crippen molar-refractivity contribution < 1.29 is 4.39 Å². The summed E-state index contributed by atoms with van der Waals surface area (Å²) < 4.78 is 12.9. The molecule has 1 aromatic rings. The highest BCUT2D eigenvalue weighted by Crippen LogP contribution is 2.46. The van der Waals surface area contributed by atoms with Gasteiger partial charge in [-0.2, -0.15) is 0 Å². The van der Waals surface area contributed by atoms with Crippen molar-refractivity contribution in [2.45, 2.75) is 18.8 Å². The van der Waals surface area contributed by atoms with Gasteiger partial charge in [-0.1, -0.05) is 12.1 Å². The number of nitrogens with zero attached hydrogens (tertiary/aromatic N) is 1. The van der Waals surface area contributed by atoms with Gasteiger partial charge in [-0.15, -0.1) is 0 Å². The van der Waals surface area contributed by atoms with Crippen LogP contribution in [0.2, 0.25) is 0 Å². The van der Waals surface area contributed by atoms with E-state index in [1.165, 1.54) is 31.5 Å². The van der Waals surface area contributed by atoms with Crippen molar-refractivity contribution in [3.05, 3.63) is 35.6 Å². The summed E-state index contributed by atoms with van der Waals surface area (Å²) in [5, 5.41) is 0. The zero-order chi connectivity index (χ0) is 11.1. The number of rotatable bonds is 1. The summed E-state index contributed by atoms with van der Waals surface area (Å²) in [6.07, 6.45) is 2.63. The molecule has 2 fully saturated rings. The summed E-state index contributed by atoms with van der Waals surface area (Å²) in [6.45, 7) is 2.47. The molecule has 1 saturated carbocycles. The van der Waals surface area contributed by atoms with E-state index in [0.717, 1.165) is 11.8 Å². The first-order valence-electron chi connectivity index (χ1n) is 6.18. The summed E-state index contributed by atoms with van der Waals surface area (Å²) in [4.78, 5) is 2.44. The highest BCUT2D eigenvalue weighted by Gasteiger charge is 2.41. The van der Waals surface area contributed by atoms with Crippen molar-refractivity contribution in [3.8, 4) is 0 Å². The molecule has 2 aliphatic rings. The van der Waals surface area contributed by atoms with Crippen LogP contribution in [-0.4, -0.2) is 25.0 Å². The van der Waals surface area contributed by atoms with E-state index < -0.39 is 0 Å². The maximum atomic E-state index is 12.9. The van der Waals surface area contributed by atoms with Crippen molar-refractivity contribution in [2.24, 2.45) is 11.8 Å². The first-order valence-corrected chi connectivity index (χ1v) is 6.18. The maximum Gasteiger partial charge on any atom is 0.123 e. The Kier molecular flexibility index (Phi) is 2.47. The fourth-order valence-electron chi connectivity index (χ4n) is 3.61. The van der Waals surface area contributed by atoms with Crippen LogP contribution >= 0.6 is 0 Å². The maximum absolute atomic E-state index is 12.9. The van der Waals surface area contributed by atoms with Gasteiger partial charge in [0.1, 0.15) is 5.82 Å². The van der Waals surface area contributed by atoms with E-state index in [4.69, 9.17) is 0 Å². The largest absolute Gasteiger partial charge is 0.306 e. The van der Waals surface area contributed by atoms with Gasteiger partial charge in [0, 0.05) is 13.1 Å². The van der Waals surface area contributed by atoms with Gasteiger partial charge >= 0.3 is 0 Å². The predicted molar refractivity (Wildman–Crippen MR) is 62.9 cm³/mol. The van der Waals surface area contributed by atoms with E-state index in [2.05, 4.69) is 11.9 Å². The Labute approximate surface area is 96.3 Å². The van der Waals surface area contributed by atoms with E-state index in [1.54, 1.807) is 12.1 Å². The molecule has 1 nitrogen and oxygen atoms in total. The fraction of sp³-hybridized carbons (Fsp3) is 0.571. The lowest BCUT2D eigenvalue weighted by Crippen LogP contribution is -2.17. The summed E-state index contributed by atoms with van der Waals surface area (Å²) >= 11 is 0. The Morgan fingerprint density at radius 1 is 1.12 bits per heavy atom. The Balaban J connectivity index is 1.83. The Morgan fingerprint density at radius 3 is 2.62 bits per heavy atom. The molecule has 3 atom stereocenters. The molecule has 0 radical (unpaired) electrons. The lowest BCUT2D eigenvalue weighted by molar-refractivity contribution is 0.369. The van der Waals surface area contributed by atoms with Crippen LogP contribution in [0.15, 0.2) is 24.3 Å². The van der Waals surface area contributed by atoms with Gasteiger partial charge < -0.3 is 4.90 Å². The monoisotopic (exact) mass is 219 g/mol. The van der Waals surface area contributed by atoms with Crippen LogP contribution in [0.5, 0.6) is 0 Å². The number of likely N-dealkylation sites (tertiary alicyclic amines) is 1. The summed E-state index contributed by atoms with van der Waals surface area (Å²) in [6, 6.07) is 7.14. The van der Waals surface area contributed by atoms with E-state index in [-0.39, 0.29) is 5.82 Å². The number of hydrogen-bond donors (Lipinski definition) is 0. The minimum Gasteiger partial charge on any atom is -0.306 e. The molecule has 0 bridgehead atoms. The molecular formula is C14H18FN. The van der Waals surface area contributed by atoms with Gasteiger partial charge in [0.05, 0.1) is 0 Å². The van der Waals surface area contributed by atoms with Gasteiger partial charge in [0.2, 0.25) is 0 Å². The van der Waals surface area contributed by atoms with E-state index in [1.807, 2.05) is 12.1 Å². The lowest BCUT2D eigenvalue weighted by atomic mass is 9.87. The molecule has 1 saturated heterocycles. The molecule has 16 heavy (non-hydrogen) atoms. The van der Waals surface area contributed by atoms with Crippen molar-refractivity contribution in [2.75, 3.05) is 20.1 Å². The zero-order valence-electron chi connectivity index (χ0n) is 9.70. The topological polar surface area (TPSA) is 3.24 Å². The lowest BCUT2D eigenvalue weighted by Gasteiger charge is -2.19. The van der Waals surface area contributed by atoms with Crippen LogP contribution in [0.4, 0.5) is 4.39 Å². The molecule has 0 aromatic heterocycles. The van der Waals surface area contributed by atoms with Crippen molar-refractivity contribution in [1.29, 1.82) is 0 Å². The standard InChI is InChI=1S/C14H18FN/c1-16-8-11-4-7-13(14(11)9-16)10-2-5-12(15)6-3-10/h2-3,5-6,11,13-14H,4,7-9H2,1H3/t11-,13+,14+/m0/s1. The SMILES string of the molecule is CN1C[C@@H]2CC[C@H](c3ccc(F)cc3)[C@@H]2C1. The average molecular weight is 219 g/mol. The fourth-order valence-corrected chi connectivity index (χ4v) is 3.61. The van der Waals surface area contributed by atoms with Crippen LogP contribution in [-0.2, 0) is 0 Å². The molecule has 0 amide bonds. The number of halogens is 1. The smallest absolute Gasteiger partial charge is 0.123 e. The third kappa shape index (κ3) is 1.65. The van der Waals surface area contributed by atoms with Crippen LogP contribution < -0.4 is 0 Å². The van der Waals surface area contributed by atoms with E-state index in [0.29, 0.717) is 5.92 Å². The Morgan fingerprint density at radius 2 is 1.88 bits per heavy atom. The molecule has 1 aromatic carbocycles. The first-order chi connectivity index (χ1) is 7.74. The first kappa shape index (κ1) is 10.3. The van der Waals surface area contributed by atoms with Crippen LogP contribution in [0.25, 0.3) is 0 Å². The molecule has 1 aliphatic heterocycles. The number of fused-ring (bicyclic) bond motifs is 1. The summed E-state index contributed by atoms with van der Waals surface area (Å²) in [5.74, 6) is 2.22.